The zero-order chi connectivity index (χ0) is 20.9. The first kappa shape index (κ1) is 20.8. The Kier molecular flexibility index (Phi) is 6.26. The number of carboxylic acids is 2. The Labute approximate surface area is 160 Å². The molecule has 0 aliphatic rings. The van der Waals surface area contributed by atoms with Crippen LogP contribution < -0.4 is 14.2 Å². The van der Waals surface area contributed by atoms with Crippen molar-refractivity contribution in [3.8, 4) is 11.5 Å². The number of carbonyl (C=O) groups is 2. The van der Waals surface area contributed by atoms with E-state index < -0.39 is 22.0 Å². The smallest absolute Gasteiger partial charge is 0.335 e. The van der Waals surface area contributed by atoms with E-state index in [0.29, 0.717) is 0 Å². The van der Waals surface area contributed by atoms with Gasteiger partial charge in [0.1, 0.15) is 4.90 Å². The van der Waals surface area contributed by atoms with Gasteiger partial charge in [0.15, 0.2) is 11.5 Å². The summed E-state index contributed by atoms with van der Waals surface area (Å²) in [4.78, 5) is 21.4. The van der Waals surface area contributed by atoms with Gasteiger partial charge in [-0.25, -0.2) is 18.0 Å². The van der Waals surface area contributed by atoms with Crippen LogP contribution in [0.25, 0.3) is 6.08 Å². The summed E-state index contributed by atoms with van der Waals surface area (Å²) in [7, 11) is -1.58. The Balaban J connectivity index is 2.51. The van der Waals surface area contributed by atoms with Gasteiger partial charge in [0.05, 0.1) is 19.8 Å². The molecule has 148 valence electrons. The minimum atomic E-state index is -4.17. The molecule has 0 spiro atoms. The van der Waals surface area contributed by atoms with E-state index in [2.05, 4.69) is 4.72 Å². The highest BCUT2D eigenvalue weighted by Crippen LogP contribution is 2.36. The number of hydrogen-bond acceptors (Lipinski definition) is 6. The molecule has 9 nitrogen and oxygen atoms in total. The van der Waals surface area contributed by atoms with E-state index in [9.17, 15) is 18.0 Å². The molecule has 0 heterocycles. The topological polar surface area (TPSA) is 139 Å². The van der Waals surface area contributed by atoms with Crippen molar-refractivity contribution < 1.29 is 37.7 Å². The largest absolute Gasteiger partial charge is 0.493 e. The van der Waals surface area contributed by atoms with E-state index in [4.69, 9.17) is 19.7 Å². The average Bonchev–Trinajstić information content (AvgIpc) is 2.65. The van der Waals surface area contributed by atoms with Crippen molar-refractivity contribution in [3.05, 3.63) is 53.6 Å². The Morgan fingerprint density at radius 3 is 2.18 bits per heavy atom. The molecule has 0 aliphatic heterocycles. The maximum atomic E-state index is 12.9. The summed E-state index contributed by atoms with van der Waals surface area (Å²) in [6.45, 7) is 0. The van der Waals surface area contributed by atoms with E-state index in [1.54, 1.807) is 0 Å². The van der Waals surface area contributed by atoms with E-state index in [1.807, 2.05) is 0 Å². The second-order valence-corrected chi connectivity index (χ2v) is 7.06. The SMILES string of the molecule is COc1cc(C=CC(=O)O)cc(S(=O)(=O)Nc2ccc(C(=O)O)cc2)c1OC. The highest BCUT2D eigenvalue weighted by molar-refractivity contribution is 7.92. The lowest BCUT2D eigenvalue weighted by atomic mass is 10.2. The lowest BCUT2D eigenvalue weighted by molar-refractivity contribution is -0.131. The molecule has 2 aromatic rings. The monoisotopic (exact) mass is 407 g/mol. The third-order valence-electron chi connectivity index (χ3n) is 3.56. The Morgan fingerprint density at radius 1 is 1.04 bits per heavy atom. The molecule has 0 fully saturated rings. The van der Waals surface area contributed by atoms with Gasteiger partial charge < -0.3 is 19.7 Å². The fraction of sp³-hybridized carbons (Fsp3) is 0.111. The van der Waals surface area contributed by atoms with E-state index in [0.717, 1.165) is 6.08 Å². The van der Waals surface area contributed by atoms with Crippen LogP contribution in [-0.2, 0) is 14.8 Å². The maximum Gasteiger partial charge on any atom is 0.335 e. The Bertz CT molecular complexity index is 1030. The number of ether oxygens (including phenoxy) is 2. The Hall–Kier alpha value is -3.53. The molecular formula is C18H17NO8S. The van der Waals surface area contributed by atoms with Gasteiger partial charge in [-0.15, -0.1) is 0 Å². The molecule has 2 rings (SSSR count). The summed E-state index contributed by atoms with van der Waals surface area (Å²) >= 11 is 0. The van der Waals surface area contributed by atoms with Crippen LogP contribution in [0, 0.1) is 0 Å². The number of nitrogens with one attached hydrogen (secondary N) is 1. The second-order valence-electron chi connectivity index (χ2n) is 5.41. The van der Waals surface area contributed by atoms with Crippen molar-refractivity contribution in [2.24, 2.45) is 0 Å². The molecule has 0 aromatic heterocycles. The number of carboxylic acid groups (broad SMARTS) is 2. The van der Waals surface area contributed by atoms with Crippen molar-refractivity contribution in [1.29, 1.82) is 0 Å². The minimum absolute atomic E-state index is 0.00278. The summed E-state index contributed by atoms with van der Waals surface area (Å²) in [5, 5.41) is 17.7. The summed E-state index contributed by atoms with van der Waals surface area (Å²) in [6, 6.07) is 7.78. The molecule has 0 saturated heterocycles. The molecule has 0 saturated carbocycles. The molecule has 3 N–H and O–H groups in total. The molecule has 0 radical (unpaired) electrons. The van der Waals surface area contributed by atoms with Crippen LogP contribution in [0.2, 0.25) is 0 Å². The van der Waals surface area contributed by atoms with Crippen molar-refractivity contribution in [3.63, 3.8) is 0 Å². The van der Waals surface area contributed by atoms with Crippen molar-refractivity contribution >= 4 is 33.7 Å². The van der Waals surface area contributed by atoms with Gasteiger partial charge in [0, 0.05) is 11.8 Å². The fourth-order valence-corrected chi connectivity index (χ4v) is 3.58. The quantitative estimate of drug-likeness (QED) is 0.567. The molecule has 0 atom stereocenters. The third-order valence-corrected chi connectivity index (χ3v) is 4.95. The molecule has 0 bridgehead atoms. The van der Waals surface area contributed by atoms with E-state index in [1.165, 1.54) is 56.7 Å². The summed E-state index contributed by atoms with van der Waals surface area (Å²) in [5.74, 6) is -2.31. The number of sulfonamides is 1. The van der Waals surface area contributed by atoms with Gasteiger partial charge in [-0.3, -0.25) is 4.72 Å². The van der Waals surface area contributed by atoms with Crippen LogP contribution >= 0.6 is 0 Å². The predicted molar refractivity (Wildman–Crippen MR) is 100 cm³/mol. The molecule has 28 heavy (non-hydrogen) atoms. The van der Waals surface area contributed by atoms with E-state index >= 15 is 0 Å². The molecule has 2 aromatic carbocycles. The normalized spacial score (nSPS) is 11.2. The van der Waals surface area contributed by atoms with Gasteiger partial charge in [0.25, 0.3) is 10.0 Å². The highest BCUT2D eigenvalue weighted by atomic mass is 32.2. The molecular weight excluding hydrogens is 390 g/mol. The Morgan fingerprint density at radius 2 is 1.68 bits per heavy atom. The zero-order valence-electron chi connectivity index (χ0n) is 14.9. The van der Waals surface area contributed by atoms with Crippen LogP contribution in [0.3, 0.4) is 0 Å². The number of benzene rings is 2. The predicted octanol–water partition coefficient (Wildman–Crippen LogP) is 2.30. The van der Waals surface area contributed by atoms with E-state index in [-0.39, 0.29) is 33.2 Å². The van der Waals surface area contributed by atoms with Crippen LogP contribution in [0.1, 0.15) is 15.9 Å². The standard InChI is InChI=1S/C18H17NO8S/c1-26-14-9-11(3-8-16(20)21)10-15(17(14)27-2)28(24,25)19-13-6-4-12(5-7-13)18(22)23/h3-10,19H,1-2H3,(H,20,21)(H,22,23). The van der Waals surface area contributed by atoms with Crippen LogP contribution in [-0.4, -0.2) is 44.8 Å². The van der Waals surface area contributed by atoms with Crippen LogP contribution in [0.4, 0.5) is 5.69 Å². The maximum absolute atomic E-state index is 12.9. The lowest BCUT2D eigenvalue weighted by Gasteiger charge is -2.15. The first-order valence-corrected chi connectivity index (χ1v) is 9.19. The molecule has 10 heteroatoms. The van der Waals surface area contributed by atoms with Crippen LogP contribution in [0.15, 0.2) is 47.4 Å². The number of anilines is 1. The van der Waals surface area contributed by atoms with Crippen molar-refractivity contribution in [2.45, 2.75) is 4.90 Å². The fourth-order valence-electron chi connectivity index (χ4n) is 2.30. The zero-order valence-corrected chi connectivity index (χ0v) is 15.7. The molecule has 0 amide bonds. The molecule has 0 unspecified atom stereocenters. The van der Waals surface area contributed by atoms with Gasteiger partial charge in [-0.1, -0.05) is 0 Å². The lowest BCUT2D eigenvalue weighted by Crippen LogP contribution is -2.15. The first-order chi connectivity index (χ1) is 13.2. The second kappa shape index (κ2) is 8.44. The average molecular weight is 407 g/mol. The summed E-state index contributed by atoms with van der Waals surface area (Å²) in [6.07, 6.45) is 2.07. The highest BCUT2D eigenvalue weighted by Gasteiger charge is 2.24. The van der Waals surface area contributed by atoms with Gasteiger partial charge in [-0.2, -0.15) is 0 Å². The van der Waals surface area contributed by atoms with Crippen molar-refractivity contribution in [1.82, 2.24) is 0 Å². The molecule has 0 aliphatic carbocycles. The van der Waals surface area contributed by atoms with Crippen molar-refractivity contribution in [2.75, 3.05) is 18.9 Å². The summed E-state index contributed by atoms with van der Waals surface area (Å²) < 4.78 is 38.3. The number of methoxy groups -OCH3 is 2. The first-order valence-electron chi connectivity index (χ1n) is 7.71. The third kappa shape index (κ3) is 4.80. The number of hydrogen-bond donors (Lipinski definition) is 3. The van der Waals surface area contributed by atoms with Gasteiger partial charge in [0.2, 0.25) is 0 Å². The number of rotatable bonds is 8. The van der Waals surface area contributed by atoms with Gasteiger partial charge in [-0.05, 0) is 48.0 Å². The minimum Gasteiger partial charge on any atom is -0.493 e. The van der Waals surface area contributed by atoms with Gasteiger partial charge >= 0.3 is 11.9 Å². The number of aromatic carboxylic acids is 1. The summed E-state index contributed by atoms with van der Waals surface area (Å²) in [5.41, 5.74) is 0.405. The number of aliphatic carboxylic acids is 1. The van der Waals surface area contributed by atoms with Crippen LogP contribution in [0.5, 0.6) is 11.5 Å².